The van der Waals surface area contributed by atoms with Crippen LogP contribution in [0.25, 0.3) is 0 Å². The fourth-order valence-electron chi connectivity index (χ4n) is 1.62. The summed E-state index contributed by atoms with van der Waals surface area (Å²) in [5.74, 6) is -0.749. The lowest BCUT2D eigenvalue weighted by atomic mass is 10.1. The number of fused-ring (bicyclic) bond motifs is 1. The molecule has 0 aromatic heterocycles. The number of carbonyl (C=O) groups excluding carboxylic acids is 1. The van der Waals surface area contributed by atoms with Crippen LogP contribution in [0.3, 0.4) is 0 Å². The van der Waals surface area contributed by atoms with Crippen LogP contribution in [-0.4, -0.2) is 36.7 Å². The Hall–Kier alpha value is -2.24. The van der Waals surface area contributed by atoms with Gasteiger partial charge in [-0.2, -0.15) is 0 Å². The predicted molar refractivity (Wildman–Crippen MR) is 66.6 cm³/mol. The summed E-state index contributed by atoms with van der Waals surface area (Å²) < 4.78 is 10.7. The Morgan fingerprint density at radius 2 is 2.00 bits per heavy atom. The Morgan fingerprint density at radius 3 is 2.68 bits per heavy atom. The molecule has 2 rings (SSSR count). The zero-order chi connectivity index (χ0) is 13.8. The highest BCUT2D eigenvalue weighted by Crippen LogP contribution is 2.30. The van der Waals surface area contributed by atoms with Crippen molar-refractivity contribution in [3.05, 3.63) is 23.8 Å². The van der Waals surface area contributed by atoms with Gasteiger partial charge in [-0.05, 0) is 18.2 Å². The number of ether oxygens (including phenoxy) is 2. The van der Waals surface area contributed by atoms with Gasteiger partial charge in [-0.15, -0.1) is 0 Å². The number of nitrogens with one attached hydrogen (secondary N) is 1. The summed E-state index contributed by atoms with van der Waals surface area (Å²) in [4.78, 5) is 22.5. The van der Waals surface area contributed by atoms with E-state index in [0.29, 0.717) is 30.3 Å². The average molecular weight is 265 g/mol. The normalized spacial score (nSPS) is 14.6. The molecule has 0 saturated heterocycles. The highest BCUT2D eigenvalue weighted by Gasteiger charge is 2.16. The van der Waals surface area contributed by atoms with Gasteiger partial charge in [-0.3, -0.25) is 9.59 Å². The second-order valence-corrected chi connectivity index (χ2v) is 4.31. The van der Waals surface area contributed by atoms with Gasteiger partial charge in [0.05, 0.1) is 5.92 Å². The lowest BCUT2D eigenvalue weighted by Gasteiger charge is -2.18. The van der Waals surface area contributed by atoms with Gasteiger partial charge in [0.1, 0.15) is 13.2 Å². The average Bonchev–Trinajstić information content (AvgIpc) is 2.43. The molecule has 1 atom stereocenters. The second kappa shape index (κ2) is 5.60. The van der Waals surface area contributed by atoms with E-state index in [0.717, 1.165) is 0 Å². The van der Waals surface area contributed by atoms with Crippen LogP contribution in [0.15, 0.2) is 18.2 Å². The van der Waals surface area contributed by atoms with Gasteiger partial charge >= 0.3 is 5.97 Å². The number of rotatable bonds is 4. The predicted octanol–water partition coefficient (Wildman–Crippen LogP) is 0.908. The van der Waals surface area contributed by atoms with E-state index in [1.165, 1.54) is 6.92 Å². The molecule has 2 N–H and O–H groups in total. The third-order valence-corrected chi connectivity index (χ3v) is 2.79. The Morgan fingerprint density at radius 1 is 1.32 bits per heavy atom. The molecule has 102 valence electrons. The maximum absolute atomic E-state index is 11.9. The molecular weight excluding hydrogens is 250 g/mol. The standard InChI is InChI=1S/C13H15NO5/c1-8(13(16)17)7-14-12(15)9-2-3-10-11(6-9)19-5-4-18-10/h2-3,6,8H,4-5,7H2,1H3,(H,14,15)(H,16,17). The van der Waals surface area contributed by atoms with Crippen molar-refractivity contribution in [1.29, 1.82) is 0 Å². The van der Waals surface area contributed by atoms with Crippen LogP contribution < -0.4 is 14.8 Å². The first kappa shape index (κ1) is 13.2. The van der Waals surface area contributed by atoms with E-state index >= 15 is 0 Å². The maximum Gasteiger partial charge on any atom is 0.308 e. The summed E-state index contributed by atoms with van der Waals surface area (Å²) in [6.07, 6.45) is 0. The van der Waals surface area contributed by atoms with Crippen LogP contribution in [0, 0.1) is 5.92 Å². The van der Waals surface area contributed by atoms with Crippen LogP contribution in [-0.2, 0) is 4.79 Å². The molecule has 6 heteroatoms. The van der Waals surface area contributed by atoms with E-state index in [2.05, 4.69) is 5.32 Å². The van der Waals surface area contributed by atoms with Crippen LogP contribution in [0.5, 0.6) is 11.5 Å². The molecule has 6 nitrogen and oxygen atoms in total. The first-order valence-electron chi connectivity index (χ1n) is 5.98. The smallest absolute Gasteiger partial charge is 0.308 e. The Labute approximate surface area is 110 Å². The van der Waals surface area contributed by atoms with E-state index in [-0.39, 0.29) is 12.5 Å². The van der Waals surface area contributed by atoms with Gasteiger partial charge in [0.2, 0.25) is 0 Å². The van der Waals surface area contributed by atoms with E-state index in [1.54, 1.807) is 18.2 Å². The minimum absolute atomic E-state index is 0.0859. The molecule has 0 radical (unpaired) electrons. The molecule has 1 heterocycles. The SMILES string of the molecule is CC(CNC(=O)c1ccc2c(c1)OCCO2)C(=O)O. The highest BCUT2D eigenvalue weighted by molar-refractivity contribution is 5.95. The van der Waals surface area contributed by atoms with Gasteiger partial charge in [-0.1, -0.05) is 6.92 Å². The fraction of sp³-hybridized carbons (Fsp3) is 0.385. The van der Waals surface area contributed by atoms with Crippen molar-refractivity contribution >= 4 is 11.9 Å². The second-order valence-electron chi connectivity index (χ2n) is 4.31. The van der Waals surface area contributed by atoms with Gasteiger partial charge < -0.3 is 19.9 Å². The van der Waals surface area contributed by atoms with Crippen molar-refractivity contribution < 1.29 is 24.2 Å². The lowest BCUT2D eigenvalue weighted by Crippen LogP contribution is -2.31. The Kier molecular flexibility index (Phi) is 3.89. The van der Waals surface area contributed by atoms with Crippen molar-refractivity contribution in [2.24, 2.45) is 5.92 Å². The topological polar surface area (TPSA) is 84.9 Å². The first-order valence-corrected chi connectivity index (χ1v) is 5.98. The zero-order valence-electron chi connectivity index (χ0n) is 10.5. The molecule has 1 aromatic rings. The van der Waals surface area contributed by atoms with Crippen LogP contribution in [0.1, 0.15) is 17.3 Å². The quantitative estimate of drug-likeness (QED) is 0.845. The molecule has 1 aromatic carbocycles. The molecular formula is C13H15NO5. The monoisotopic (exact) mass is 265 g/mol. The summed E-state index contributed by atoms with van der Waals surface area (Å²) in [5, 5.41) is 11.3. The van der Waals surface area contributed by atoms with Crippen LogP contribution in [0.2, 0.25) is 0 Å². The number of carboxylic acid groups (broad SMARTS) is 1. The van der Waals surface area contributed by atoms with E-state index in [1.807, 2.05) is 0 Å². The number of aliphatic carboxylic acids is 1. The van der Waals surface area contributed by atoms with Crippen LogP contribution in [0.4, 0.5) is 0 Å². The van der Waals surface area contributed by atoms with E-state index in [4.69, 9.17) is 14.6 Å². The van der Waals surface area contributed by atoms with Gasteiger partial charge in [0.25, 0.3) is 5.91 Å². The molecule has 1 amide bonds. The minimum Gasteiger partial charge on any atom is -0.486 e. The molecule has 1 aliphatic heterocycles. The zero-order valence-corrected chi connectivity index (χ0v) is 10.5. The summed E-state index contributed by atoms with van der Waals surface area (Å²) in [7, 11) is 0. The molecule has 0 spiro atoms. The molecule has 0 bridgehead atoms. The maximum atomic E-state index is 11.9. The number of benzene rings is 1. The number of carbonyl (C=O) groups is 2. The number of hydrogen-bond acceptors (Lipinski definition) is 4. The Balaban J connectivity index is 2.01. The largest absolute Gasteiger partial charge is 0.486 e. The molecule has 0 aliphatic carbocycles. The van der Waals surface area contributed by atoms with Gasteiger partial charge in [0, 0.05) is 12.1 Å². The van der Waals surface area contributed by atoms with Crippen molar-refractivity contribution in [3.63, 3.8) is 0 Å². The minimum atomic E-state index is -0.942. The summed E-state index contributed by atoms with van der Waals surface area (Å²) >= 11 is 0. The number of carboxylic acids is 1. The van der Waals surface area contributed by atoms with Crippen LogP contribution >= 0.6 is 0 Å². The fourth-order valence-corrected chi connectivity index (χ4v) is 1.62. The third kappa shape index (κ3) is 3.15. The summed E-state index contributed by atoms with van der Waals surface area (Å²) in [6, 6.07) is 4.88. The van der Waals surface area contributed by atoms with E-state index < -0.39 is 11.9 Å². The molecule has 0 saturated carbocycles. The van der Waals surface area contributed by atoms with Gasteiger partial charge in [0.15, 0.2) is 11.5 Å². The van der Waals surface area contributed by atoms with Crippen molar-refractivity contribution in [2.75, 3.05) is 19.8 Å². The highest BCUT2D eigenvalue weighted by atomic mass is 16.6. The molecule has 1 unspecified atom stereocenters. The summed E-state index contributed by atoms with van der Waals surface area (Å²) in [5.41, 5.74) is 0.418. The number of hydrogen-bond donors (Lipinski definition) is 2. The lowest BCUT2D eigenvalue weighted by molar-refractivity contribution is -0.140. The van der Waals surface area contributed by atoms with Crippen molar-refractivity contribution in [3.8, 4) is 11.5 Å². The molecule has 19 heavy (non-hydrogen) atoms. The molecule has 1 aliphatic rings. The first-order chi connectivity index (χ1) is 9.08. The number of amides is 1. The van der Waals surface area contributed by atoms with Crippen molar-refractivity contribution in [1.82, 2.24) is 5.32 Å². The van der Waals surface area contributed by atoms with Gasteiger partial charge in [-0.25, -0.2) is 0 Å². The summed E-state index contributed by atoms with van der Waals surface area (Å²) in [6.45, 7) is 2.57. The third-order valence-electron chi connectivity index (χ3n) is 2.79. The van der Waals surface area contributed by atoms with Crippen molar-refractivity contribution in [2.45, 2.75) is 6.92 Å². The van der Waals surface area contributed by atoms with E-state index in [9.17, 15) is 9.59 Å². The Bertz CT molecular complexity index is 500. The molecule has 0 fully saturated rings.